The maximum atomic E-state index is 12.0. The molecule has 98 valence electrons. The maximum absolute atomic E-state index is 12.0. The molecule has 17 heavy (non-hydrogen) atoms. The molecule has 4 heteroatoms. The Morgan fingerprint density at radius 2 is 1.88 bits per heavy atom. The van der Waals surface area contributed by atoms with Crippen LogP contribution in [0.3, 0.4) is 0 Å². The van der Waals surface area contributed by atoms with E-state index in [2.05, 4.69) is 11.4 Å². The highest BCUT2D eigenvalue weighted by molar-refractivity contribution is 5.85. The number of amides is 1. The smallest absolute Gasteiger partial charge is 0.240 e. The second kappa shape index (κ2) is 9.00. The predicted molar refractivity (Wildman–Crippen MR) is 67.2 cm³/mol. The van der Waals surface area contributed by atoms with Gasteiger partial charge >= 0.3 is 0 Å². The van der Waals surface area contributed by atoms with E-state index >= 15 is 0 Å². The molecule has 0 aromatic heterocycles. The number of nitriles is 1. The van der Waals surface area contributed by atoms with Crippen molar-refractivity contribution >= 4 is 5.91 Å². The number of hydrogen-bond donors (Lipinski definition) is 2. The van der Waals surface area contributed by atoms with E-state index in [1.54, 1.807) is 0 Å². The molecule has 0 aliphatic rings. The van der Waals surface area contributed by atoms with Crippen molar-refractivity contribution in [3.05, 3.63) is 0 Å². The topological polar surface area (TPSA) is 73.1 Å². The van der Waals surface area contributed by atoms with Crippen molar-refractivity contribution in [3.8, 4) is 6.07 Å². The molecule has 0 bridgehead atoms. The zero-order valence-electron chi connectivity index (χ0n) is 11.0. The van der Waals surface area contributed by atoms with E-state index < -0.39 is 5.41 Å². The van der Waals surface area contributed by atoms with Gasteiger partial charge in [-0.1, -0.05) is 26.7 Å². The third-order valence-corrected chi connectivity index (χ3v) is 2.87. The standard InChI is InChI=1S/C13H24N2O2/c1-3-7-13(11-14,8-4-2)12(17)15-9-5-6-10-16/h16H,3-10H2,1-2H3,(H,15,17). The molecule has 0 spiro atoms. The van der Waals surface area contributed by atoms with E-state index in [-0.39, 0.29) is 12.5 Å². The quantitative estimate of drug-likeness (QED) is 0.605. The van der Waals surface area contributed by atoms with Crippen LogP contribution in [-0.4, -0.2) is 24.2 Å². The zero-order chi connectivity index (χ0) is 13.1. The Labute approximate surface area is 104 Å². The van der Waals surface area contributed by atoms with E-state index in [1.165, 1.54) is 0 Å². The van der Waals surface area contributed by atoms with Crippen LogP contribution in [0.15, 0.2) is 0 Å². The SMILES string of the molecule is CCCC(C#N)(CCC)C(=O)NCCCCO. The fraction of sp³-hybridized carbons (Fsp3) is 0.846. The van der Waals surface area contributed by atoms with Gasteiger partial charge in [-0.2, -0.15) is 5.26 Å². The highest BCUT2D eigenvalue weighted by Gasteiger charge is 2.36. The molecule has 0 aromatic rings. The molecule has 4 nitrogen and oxygen atoms in total. The highest BCUT2D eigenvalue weighted by atomic mass is 16.2. The van der Waals surface area contributed by atoms with Crippen LogP contribution in [0, 0.1) is 16.7 Å². The number of rotatable bonds is 9. The number of unbranched alkanes of at least 4 members (excludes halogenated alkanes) is 1. The highest BCUT2D eigenvalue weighted by Crippen LogP contribution is 2.29. The predicted octanol–water partition coefficient (Wildman–Crippen LogP) is 1.99. The normalized spacial score (nSPS) is 10.9. The Morgan fingerprint density at radius 1 is 1.29 bits per heavy atom. The van der Waals surface area contributed by atoms with E-state index in [0.717, 1.165) is 19.3 Å². The van der Waals surface area contributed by atoms with Crippen molar-refractivity contribution in [3.63, 3.8) is 0 Å². The molecule has 0 aliphatic carbocycles. The van der Waals surface area contributed by atoms with Crippen LogP contribution in [0.25, 0.3) is 0 Å². The third kappa shape index (κ3) is 5.18. The van der Waals surface area contributed by atoms with Gasteiger partial charge in [0.05, 0.1) is 6.07 Å². The molecule has 0 radical (unpaired) electrons. The van der Waals surface area contributed by atoms with Gasteiger partial charge in [-0.3, -0.25) is 4.79 Å². The second-order valence-electron chi connectivity index (χ2n) is 4.38. The zero-order valence-corrected chi connectivity index (χ0v) is 11.0. The van der Waals surface area contributed by atoms with Gasteiger partial charge in [0.25, 0.3) is 0 Å². The molecule has 0 saturated carbocycles. The molecule has 0 atom stereocenters. The van der Waals surface area contributed by atoms with E-state index in [1.807, 2.05) is 13.8 Å². The van der Waals surface area contributed by atoms with Crippen LogP contribution in [0.4, 0.5) is 0 Å². The average molecular weight is 240 g/mol. The average Bonchev–Trinajstić information content (AvgIpc) is 2.34. The van der Waals surface area contributed by atoms with Gasteiger partial charge in [0.1, 0.15) is 5.41 Å². The monoisotopic (exact) mass is 240 g/mol. The summed E-state index contributed by atoms with van der Waals surface area (Å²) in [5.41, 5.74) is -0.858. The van der Waals surface area contributed by atoms with Crippen molar-refractivity contribution < 1.29 is 9.90 Å². The molecule has 0 aliphatic heterocycles. The van der Waals surface area contributed by atoms with Crippen molar-refractivity contribution in [2.24, 2.45) is 5.41 Å². The Hall–Kier alpha value is -1.08. The lowest BCUT2D eigenvalue weighted by Crippen LogP contribution is -2.40. The molecule has 0 aromatic carbocycles. The summed E-state index contributed by atoms with van der Waals surface area (Å²) >= 11 is 0. The first kappa shape index (κ1) is 15.9. The maximum Gasteiger partial charge on any atom is 0.240 e. The lowest BCUT2D eigenvalue weighted by Gasteiger charge is -2.24. The van der Waals surface area contributed by atoms with Gasteiger partial charge in [0, 0.05) is 13.2 Å². The van der Waals surface area contributed by atoms with Crippen LogP contribution >= 0.6 is 0 Å². The largest absolute Gasteiger partial charge is 0.396 e. The second-order valence-corrected chi connectivity index (χ2v) is 4.38. The lowest BCUT2D eigenvalue weighted by atomic mass is 9.80. The van der Waals surface area contributed by atoms with Crippen LogP contribution in [0.2, 0.25) is 0 Å². The Morgan fingerprint density at radius 3 is 2.29 bits per heavy atom. The van der Waals surface area contributed by atoms with Crippen molar-refractivity contribution in [2.75, 3.05) is 13.2 Å². The number of carbonyl (C=O) groups is 1. The number of aliphatic hydroxyl groups excluding tert-OH is 1. The minimum Gasteiger partial charge on any atom is -0.396 e. The first-order valence-electron chi connectivity index (χ1n) is 6.47. The van der Waals surface area contributed by atoms with Crippen LogP contribution in [0.5, 0.6) is 0 Å². The summed E-state index contributed by atoms with van der Waals surface area (Å²) in [6.07, 6.45) is 4.32. The summed E-state index contributed by atoms with van der Waals surface area (Å²) in [5, 5.41) is 20.7. The molecular weight excluding hydrogens is 216 g/mol. The molecule has 1 amide bonds. The summed E-state index contributed by atoms with van der Waals surface area (Å²) in [5.74, 6) is -0.151. The van der Waals surface area contributed by atoms with Crippen molar-refractivity contribution in [2.45, 2.75) is 52.4 Å². The Balaban J connectivity index is 4.37. The summed E-state index contributed by atoms with van der Waals surface area (Å²) in [7, 11) is 0. The van der Waals surface area contributed by atoms with Gasteiger partial charge in [0.2, 0.25) is 5.91 Å². The van der Waals surface area contributed by atoms with E-state index in [0.29, 0.717) is 25.8 Å². The molecule has 0 fully saturated rings. The van der Waals surface area contributed by atoms with Crippen LogP contribution in [-0.2, 0) is 4.79 Å². The first-order chi connectivity index (χ1) is 8.16. The summed E-state index contributed by atoms with van der Waals surface area (Å²) in [6.45, 7) is 4.65. The molecule has 0 saturated heterocycles. The fourth-order valence-electron chi connectivity index (χ4n) is 1.98. The molecule has 2 N–H and O–H groups in total. The summed E-state index contributed by atoms with van der Waals surface area (Å²) < 4.78 is 0. The third-order valence-electron chi connectivity index (χ3n) is 2.87. The minimum absolute atomic E-state index is 0.142. The van der Waals surface area contributed by atoms with Crippen LogP contribution in [0.1, 0.15) is 52.4 Å². The lowest BCUT2D eigenvalue weighted by molar-refractivity contribution is -0.128. The Bertz CT molecular complexity index is 253. The van der Waals surface area contributed by atoms with E-state index in [9.17, 15) is 10.1 Å². The van der Waals surface area contributed by atoms with Gasteiger partial charge in [-0.15, -0.1) is 0 Å². The van der Waals surface area contributed by atoms with Crippen molar-refractivity contribution in [1.29, 1.82) is 5.26 Å². The van der Waals surface area contributed by atoms with E-state index in [4.69, 9.17) is 5.11 Å². The van der Waals surface area contributed by atoms with Gasteiger partial charge in [-0.25, -0.2) is 0 Å². The van der Waals surface area contributed by atoms with Gasteiger partial charge in [-0.05, 0) is 25.7 Å². The van der Waals surface area contributed by atoms with Gasteiger partial charge < -0.3 is 10.4 Å². The molecule has 0 rings (SSSR count). The minimum atomic E-state index is -0.858. The van der Waals surface area contributed by atoms with Gasteiger partial charge in [0.15, 0.2) is 0 Å². The van der Waals surface area contributed by atoms with Crippen LogP contribution < -0.4 is 5.32 Å². The number of aliphatic hydroxyl groups is 1. The summed E-state index contributed by atoms with van der Waals surface area (Å²) in [6, 6.07) is 2.20. The number of carbonyl (C=O) groups excluding carboxylic acids is 1. The van der Waals surface area contributed by atoms with Crippen molar-refractivity contribution in [1.82, 2.24) is 5.32 Å². The molecular formula is C13H24N2O2. The number of nitrogens with one attached hydrogen (secondary N) is 1. The fourth-order valence-corrected chi connectivity index (χ4v) is 1.98. The molecule has 0 unspecified atom stereocenters. The number of nitrogens with zero attached hydrogens (tertiary/aromatic N) is 1. The molecule has 0 heterocycles. The number of hydrogen-bond acceptors (Lipinski definition) is 3. The first-order valence-corrected chi connectivity index (χ1v) is 6.47. The Kier molecular flexibility index (Phi) is 8.43. The summed E-state index contributed by atoms with van der Waals surface area (Å²) in [4.78, 5) is 12.0.